The van der Waals surface area contributed by atoms with Gasteiger partial charge in [-0.25, -0.2) is 0 Å². The molecule has 5 heteroatoms. The fraction of sp³-hybridized carbons (Fsp3) is 0.240. The quantitative estimate of drug-likeness (QED) is 0.440. The van der Waals surface area contributed by atoms with Crippen LogP contribution in [0.15, 0.2) is 72.8 Å². The smallest absolute Gasteiger partial charge is 0.227 e. The van der Waals surface area contributed by atoms with Crippen LogP contribution >= 0.6 is 11.6 Å². The van der Waals surface area contributed by atoms with Gasteiger partial charge in [0.15, 0.2) is 0 Å². The fourth-order valence-corrected chi connectivity index (χ4v) is 3.31. The van der Waals surface area contributed by atoms with Crippen LogP contribution in [0.3, 0.4) is 0 Å². The van der Waals surface area contributed by atoms with Gasteiger partial charge in [-0.15, -0.1) is 0 Å². The molecule has 0 aliphatic carbocycles. The molecule has 1 amide bonds. The number of amides is 1. The summed E-state index contributed by atoms with van der Waals surface area (Å²) in [4.78, 5) is 14.4. The predicted molar refractivity (Wildman–Crippen MR) is 122 cm³/mol. The number of ether oxygens (including phenoxy) is 2. The van der Waals surface area contributed by atoms with E-state index < -0.39 is 0 Å². The van der Waals surface area contributed by atoms with Gasteiger partial charge in [0.1, 0.15) is 18.1 Å². The highest BCUT2D eigenvalue weighted by Gasteiger charge is 2.17. The van der Waals surface area contributed by atoms with Gasteiger partial charge in [-0.3, -0.25) is 4.79 Å². The van der Waals surface area contributed by atoms with E-state index >= 15 is 0 Å². The minimum Gasteiger partial charge on any atom is -0.497 e. The molecule has 0 saturated heterocycles. The van der Waals surface area contributed by atoms with Gasteiger partial charge in [0.2, 0.25) is 5.91 Å². The second-order valence-corrected chi connectivity index (χ2v) is 7.63. The third kappa shape index (κ3) is 5.55. The summed E-state index contributed by atoms with van der Waals surface area (Å²) in [7, 11) is 3.41. The number of anilines is 1. The molecule has 156 valence electrons. The van der Waals surface area contributed by atoms with Crippen molar-refractivity contribution in [1.29, 1.82) is 0 Å². The van der Waals surface area contributed by atoms with Crippen molar-refractivity contribution in [1.82, 2.24) is 0 Å². The van der Waals surface area contributed by atoms with Crippen molar-refractivity contribution < 1.29 is 14.3 Å². The van der Waals surface area contributed by atoms with E-state index in [2.05, 4.69) is 0 Å². The molecule has 0 aliphatic heterocycles. The fourth-order valence-electron chi connectivity index (χ4n) is 3.14. The van der Waals surface area contributed by atoms with Gasteiger partial charge in [0.05, 0.1) is 12.1 Å². The van der Waals surface area contributed by atoms with Crippen LogP contribution in [0.4, 0.5) is 5.69 Å². The lowest BCUT2D eigenvalue weighted by atomic mass is 9.97. The van der Waals surface area contributed by atoms with Crippen LogP contribution in [-0.2, 0) is 11.4 Å². The number of methoxy groups -OCH3 is 1. The van der Waals surface area contributed by atoms with Crippen molar-refractivity contribution in [3.05, 3.63) is 88.9 Å². The molecule has 3 rings (SSSR count). The van der Waals surface area contributed by atoms with E-state index in [1.54, 1.807) is 19.1 Å². The molecule has 4 nitrogen and oxygen atoms in total. The summed E-state index contributed by atoms with van der Waals surface area (Å²) in [5.74, 6) is 1.45. The molecule has 0 fully saturated rings. The van der Waals surface area contributed by atoms with Crippen molar-refractivity contribution in [3.63, 3.8) is 0 Å². The van der Waals surface area contributed by atoms with E-state index in [-0.39, 0.29) is 11.8 Å². The van der Waals surface area contributed by atoms with Crippen LogP contribution in [0, 0.1) is 0 Å². The number of hydrogen-bond acceptors (Lipinski definition) is 3. The number of nitrogens with zero attached hydrogens (tertiary/aromatic N) is 1. The maximum Gasteiger partial charge on any atom is 0.227 e. The zero-order valence-electron chi connectivity index (χ0n) is 17.5. The van der Waals surface area contributed by atoms with Crippen molar-refractivity contribution in [3.8, 4) is 11.5 Å². The Morgan fingerprint density at radius 2 is 1.73 bits per heavy atom. The molecule has 1 unspecified atom stereocenters. The molecule has 1 atom stereocenters. The maximum absolute atomic E-state index is 12.8. The Bertz CT molecular complexity index is 973. The van der Waals surface area contributed by atoms with Crippen LogP contribution in [0.1, 0.15) is 30.4 Å². The highest BCUT2D eigenvalue weighted by Crippen LogP contribution is 2.31. The number of rotatable bonds is 8. The Hall–Kier alpha value is -2.98. The third-order valence-electron chi connectivity index (χ3n) is 5.08. The summed E-state index contributed by atoms with van der Waals surface area (Å²) in [5.41, 5.74) is 2.92. The minimum atomic E-state index is 0.0227. The lowest BCUT2D eigenvalue weighted by Gasteiger charge is -2.21. The zero-order valence-corrected chi connectivity index (χ0v) is 18.2. The number of benzene rings is 3. The second-order valence-electron chi connectivity index (χ2n) is 7.22. The lowest BCUT2D eigenvalue weighted by molar-refractivity contribution is -0.118. The molecule has 0 bridgehead atoms. The third-order valence-corrected chi connectivity index (χ3v) is 5.39. The van der Waals surface area contributed by atoms with E-state index in [4.69, 9.17) is 21.1 Å². The van der Waals surface area contributed by atoms with Crippen LogP contribution < -0.4 is 14.4 Å². The molecule has 0 N–H and O–H groups in total. The Kier molecular flexibility index (Phi) is 7.36. The van der Waals surface area contributed by atoms with Gasteiger partial charge in [-0.1, -0.05) is 54.9 Å². The molecule has 3 aromatic carbocycles. The number of hydrogen-bond donors (Lipinski definition) is 0. The first-order valence-corrected chi connectivity index (χ1v) is 10.2. The van der Waals surface area contributed by atoms with Crippen LogP contribution in [0.2, 0.25) is 5.02 Å². The average molecular weight is 424 g/mol. The Labute approximate surface area is 183 Å². The molecular formula is C25H26ClNO3. The minimum absolute atomic E-state index is 0.0227. The summed E-state index contributed by atoms with van der Waals surface area (Å²) in [6, 6.07) is 23.1. The molecule has 0 spiro atoms. The Morgan fingerprint density at radius 3 is 2.40 bits per heavy atom. The lowest BCUT2D eigenvalue weighted by Crippen LogP contribution is -2.27. The molecule has 0 radical (unpaired) electrons. The summed E-state index contributed by atoms with van der Waals surface area (Å²) in [6.07, 6.45) is 0.377. The average Bonchev–Trinajstić information content (AvgIpc) is 2.78. The molecule has 0 aliphatic rings. The second kappa shape index (κ2) is 10.2. The summed E-state index contributed by atoms with van der Waals surface area (Å²) < 4.78 is 11.1. The highest BCUT2D eigenvalue weighted by molar-refractivity contribution is 6.32. The van der Waals surface area contributed by atoms with Crippen molar-refractivity contribution in [2.45, 2.75) is 25.9 Å². The summed E-state index contributed by atoms with van der Waals surface area (Å²) in [6.45, 7) is 2.47. The first-order valence-electron chi connectivity index (χ1n) is 9.84. The van der Waals surface area contributed by atoms with E-state index in [1.807, 2.05) is 79.7 Å². The van der Waals surface area contributed by atoms with E-state index in [9.17, 15) is 4.79 Å². The van der Waals surface area contributed by atoms with Crippen LogP contribution in [-0.4, -0.2) is 20.1 Å². The summed E-state index contributed by atoms with van der Waals surface area (Å²) in [5, 5.41) is 0.559. The molecular weight excluding hydrogens is 398 g/mol. The van der Waals surface area contributed by atoms with Crippen molar-refractivity contribution in [2.75, 3.05) is 19.1 Å². The molecule has 0 heterocycles. The van der Waals surface area contributed by atoms with Gasteiger partial charge in [-0.05, 0) is 53.4 Å². The van der Waals surface area contributed by atoms with Gasteiger partial charge < -0.3 is 14.4 Å². The van der Waals surface area contributed by atoms with E-state index in [0.29, 0.717) is 23.8 Å². The Morgan fingerprint density at radius 1 is 1.03 bits per heavy atom. The highest BCUT2D eigenvalue weighted by atomic mass is 35.5. The van der Waals surface area contributed by atoms with Gasteiger partial charge in [0, 0.05) is 19.2 Å². The first kappa shape index (κ1) is 21.7. The molecule has 3 aromatic rings. The number of carbonyl (C=O) groups excluding carboxylic acids is 1. The predicted octanol–water partition coefficient (Wildman–Crippen LogP) is 6.08. The summed E-state index contributed by atoms with van der Waals surface area (Å²) >= 11 is 6.32. The zero-order chi connectivity index (χ0) is 21.5. The monoisotopic (exact) mass is 423 g/mol. The number of carbonyl (C=O) groups is 1. The molecule has 30 heavy (non-hydrogen) atoms. The topological polar surface area (TPSA) is 38.8 Å². The van der Waals surface area contributed by atoms with Gasteiger partial charge in [-0.2, -0.15) is 0 Å². The van der Waals surface area contributed by atoms with E-state index in [0.717, 1.165) is 22.6 Å². The Balaban J connectivity index is 1.65. The number of halogens is 1. The SMILES string of the molecule is COc1ccc(N(C)C(=O)CC(C)c2ccc(Cl)c(OCc3ccccc3)c2)cc1. The largest absolute Gasteiger partial charge is 0.497 e. The maximum atomic E-state index is 12.8. The van der Waals surface area contributed by atoms with Crippen LogP contribution in [0.25, 0.3) is 0 Å². The first-order chi connectivity index (χ1) is 14.5. The normalized spacial score (nSPS) is 11.6. The van der Waals surface area contributed by atoms with Gasteiger partial charge >= 0.3 is 0 Å². The van der Waals surface area contributed by atoms with E-state index in [1.165, 1.54) is 0 Å². The molecule has 0 aromatic heterocycles. The van der Waals surface area contributed by atoms with Crippen molar-refractivity contribution >= 4 is 23.2 Å². The molecule has 0 saturated carbocycles. The van der Waals surface area contributed by atoms with Crippen LogP contribution in [0.5, 0.6) is 11.5 Å². The van der Waals surface area contributed by atoms with Crippen molar-refractivity contribution in [2.24, 2.45) is 0 Å². The van der Waals surface area contributed by atoms with Gasteiger partial charge in [0.25, 0.3) is 0 Å². The standard InChI is InChI=1S/C25H26ClNO3/c1-18(15-25(28)27(2)21-10-12-22(29-3)13-11-21)20-9-14-23(26)24(16-20)30-17-19-7-5-4-6-8-19/h4-14,16,18H,15,17H2,1-3H3.